The number of amides is 4. The Bertz CT molecular complexity index is 1210. The number of nitrogens with one attached hydrogen (secondary N) is 3. The molecule has 170 valence electrons. The van der Waals surface area contributed by atoms with Crippen LogP contribution in [0.5, 0.6) is 0 Å². The Morgan fingerprint density at radius 2 is 1.73 bits per heavy atom. The van der Waals surface area contributed by atoms with E-state index >= 15 is 0 Å². The molecular formula is C26H28N4O3. The van der Waals surface area contributed by atoms with E-state index in [1.54, 1.807) is 19.1 Å². The highest BCUT2D eigenvalue weighted by Gasteiger charge is 2.43. The van der Waals surface area contributed by atoms with Gasteiger partial charge in [0.25, 0.3) is 11.8 Å². The maximum absolute atomic E-state index is 12.9. The number of aromatic nitrogens is 1. The maximum Gasteiger partial charge on any atom is 0.322 e. The molecule has 0 radical (unpaired) electrons. The number of carbonyl (C=O) groups excluding carboxylic acids is 3. The Labute approximate surface area is 193 Å². The molecule has 2 heterocycles. The van der Waals surface area contributed by atoms with E-state index in [2.05, 4.69) is 39.6 Å². The Balaban J connectivity index is 1.45. The van der Waals surface area contributed by atoms with Crippen molar-refractivity contribution in [3.05, 3.63) is 94.3 Å². The quantitative estimate of drug-likeness (QED) is 0.506. The van der Waals surface area contributed by atoms with Gasteiger partial charge in [0.05, 0.1) is 11.6 Å². The van der Waals surface area contributed by atoms with Crippen molar-refractivity contribution in [1.29, 1.82) is 0 Å². The number of benzene rings is 2. The van der Waals surface area contributed by atoms with Gasteiger partial charge in [-0.15, -0.1) is 0 Å². The molecule has 1 fully saturated rings. The van der Waals surface area contributed by atoms with Crippen LogP contribution in [0.15, 0.2) is 60.7 Å². The number of hydrogen-bond donors (Lipinski definition) is 3. The fraction of sp³-hybridized carbons (Fsp3) is 0.269. The largest absolute Gasteiger partial charge is 0.348 e. The normalized spacial score (nSPS) is 18.5. The Kier molecular flexibility index (Phi) is 5.80. The highest BCUT2D eigenvalue weighted by molar-refractivity contribution is 6.07. The molecule has 0 unspecified atom stereocenters. The molecule has 1 aliphatic rings. The first-order valence-electron chi connectivity index (χ1n) is 11.0. The van der Waals surface area contributed by atoms with Crippen molar-refractivity contribution in [2.45, 2.75) is 45.8 Å². The summed E-state index contributed by atoms with van der Waals surface area (Å²) in [6, 6.07) is 19.0. The molecule has 33 heavy (non-hydrogen) atoms. The zero-order chi connectivity index (χ0) is 23.8. The number of aryl methyl sites for hydroxylation is 1. The molecule has 1 aromatic heterocycles. The van der Waals surface area contributed by atoms with Gasteiger partial charge in [-0.2, -0.15) is 0 Å². The van der Waals surface area contributed by atoms with Gasteiger partial charge in [0.1, 0.15) is 5.54 Å². The lowest BCUT2D eigenvalue weighted by Gasteiger charge is -2.21. The van der Waals surface area contributed by atoms with Crippen LogP contribution in [-0.2, 0) is 16.9 Å². The van der Waals surface area contributed by atoms with Gasteiger partial charge in [0.15, 0.2) is 0 Å². The van der Waals surface area contributed by atoms with Crippen LogP contribution in [0, 0.1) is 13.8 Å². The molecule has 2 aromatic carbocycles. The Morgan fingerprint density at radius 1 is 1.06 bits per heavy atom. The third kappa shape index (κ3) is 4.14. The third-order valence-corrected chi connectivity index (χ3v) is 6.43. The highest BCUT2D eigenvalue weighted by Crippen LogP contribution is 2.26. The van der Waals surface area contributed by atoms with E-state index < -0.39 is 11.6 Å². The van der Waals surface area contributed by atoms with E-state index in [0.717, 1.165) is 17.0 Å². The highest BCUT2D eigenvalue weighted by atomic mass is 16.2. The molecular weight excluding hydrogens is 416 g/mol. The molecule has 1 saturated heterocycles. The number of urea groups is 1. The molecule has 4 rings (SSSR count). The van der Waals surface area contributed by atoms with E-state index in [4.69, 9.17) is 0 Å². The van der Waals surface area contributed by atoms with E-state index in [1.165, 1.54) is 5.56 Å². The molecule has 7 nitrogen and oxygen atoms in total. The predicted molar refractivity (Wildman–Crippen MR) is 126 cm³/mol. The van der Waals surface area contributed by atoms with Crippen molar-refractivity contribution in [2.24, 2.45) is 0 Å². The number of rotatable bonds is 6. The summed E-state index contributed by atoms with van der Waals surface area (Å²) < 4.78 is 2.18. The summed E-state index contributed by atoms with van der Waals surface area (Å²) in [7, 11) is 0. The van der Waals surface area contributed by atoms with Gasteiger partial charge in [-0.05, 0) is 50.5 Å². The number of carbonyl (C=O) groups is 3. The summed E-state index contributed by atoms with van der Waals surface area (Å²) in [5.41, 5.74) is 4.28. The van der Waals surface area contributed by atoms with Gasteiger partial charge in [0.2, 0.25) is 0 Å². The molecule has 3 N–H and O–H groups in total. The van der Waals surface area contributed by atoms with Gasteiger partial charge < -0.3 is 15.2 Å². The molecule has 0 aliphatic carbocycles. The minimum atomic E-state index is -1.09. The van der Waals surface area contributed by atoms with E-state index in [0.29, 0.717) is 17.7 Å². The van der Waals surface area contributed by atoms with Crippen LogP contribution in [0.4, 0.5) is 4.79 Å². The molecule has 4 amide bonds. The lowest BCUT2D eigenvalue weighted by atomic mass is 9.91. The summed E-state index contributed by atoms with van der Waals surface area (Å²) in [5, 5.41) is 7.90. The lowest BCUT2D eigenvalue weighted by Crippen LogP contribution is -2.40. The van der Waals surface area contributed by atoms with Crippen LogP contribution in [0.2, 0.25) is 0 Å². The van der Waals surface area contributed by atoms with Crippen molar-refractivity contribution < 1.29 is 14.4 Å². The van der Waals surface area contributed by atoms with Gasteiger partial charge in [0, 0.05) is 17.9 Å². The monoisotopic (exact) mass is 444 g/mol. The number of nitrogens with zero attached hydrogens (tertiary/aromatic N) is 1. The van der Waals surface area contributed by atoms with Crippen LogP contribution in [0.25, 0.3) is 0 Å². The smallest absolute Gasteiger partial charge is 0.322 e. The SMILES string of the molecule is Cc1cc(C(=O)NCc2ccc([C@@]3(C)NC(=O)NC3=O)cc2)c(C)n1[C@@H](C)c1ccccc1. The first kappa shape index (κ1) is 22.3. The van der Waals surface area contributed by atoms with Gasteiger partial charge in [-0.3, -0.25) is 14.9 Å². The van der Waals surface area contributed by atoms with Crippen molar-refractivity contribution >= 4 is 17.8 Å². The summed E-state index contributed by atoms with van der Waals surface area (Å²) in [6.45, 7) is 8.13. The summed E-state index contributed by atoms with van der Waals surface area (Å²) >= 11 is 0. The second-order valence-electron chi connectivity index (χ2n) is 8.65. The summed E-state index contributed by atoms with van der Waals surface area (Å²) in [5.74, 6) is -0.512. The minimum absolute atomic E-state index is 0.120. The first-order valence-corrected chi connectivity index (χ1v) is 11.0. The van der Waals surface area contributed by atoms with E-state index in [9.17, 15) is 14.4 Å². The standard InChI is InChI=1S/C26H28N4O3/c1-16-14-22(18(3)30(16)17(2)20-8-6-5-7-9-20)23(31)27-15-19-10-12-21(13-11-19)26(4)24(32)28-25(33)29-26/h5-14,17H,15H2,1-4H3,(H,27,31)(H2,28,29,32,33)/t17-,26+/m0/s1. The van der Waals surface area contributed by atoms with Crippen molar-refractivity contribution in [3.8, 4) is 0 Å². The molecule has 0 bridgehead atoms. The van der Waals surface area contributed by atoms with Crippen LogP contribution >= 0.6 is 0 Å². The summed E-state index contributed by atoms with van der Waals surface area (Å²) in [4.78, 5) is 36.6. The lowest BCUT2D eigenvalue weighted by molar-refractivity contribution is -0.123. The Morgan fingerprint density at radius 3 is 2.33 bits per heavy atom. The maximum atomic E-state index is 12.9. The minimum Gasteiger partial charge on any atom is -0.348 e. The van der Waals surface area contributed by atoms with Gasteiger partial charge >= 0.3 is 6.03 Å². The van der Waals surface area contributed by atoms with Crippen molar-refractivity contribution in [3.63, 3.8) is 0 Å². The van der Waals surface area contributed by atoms with Gasteiger partial charge in [-0.1, -0.05) is 54.6 Å². The average Bonchev–Trinajstić information content (AvgIpc) is 3.26. The van der Waals surface area contributed by atoms with Crippen LogP contribution in [0.1, 0.15) is 58.3 Å². The Hall–Kier alpha value is -3.87. The van der Waals surface area contributed by atoms with Crippen LogP contribution in [-0.4, -0.2) is 22.4 Å². The summed E-state index contributed by atoms with van der Waals surface area (Å²) in [6.07, 6.45) is 0. The topological polar surface area (TPSA) is 92.2 Å². The molecule has 3 aromatic rings. The zero-order valence-corrected chi connectivity index (χ0v) is 19.2. The van der Waals surface area contributed by atoms with Crippen LogP contribution < -0.4 is 16.0 Å². The zero-order valence-electron chi connectivity index (χ0n) is 19.2. The average molecular weight is 445 g/mol. The molecule has 0 saturated carbocycles. The molecule has 2 atom stereocenters. The molecule has 1 aliphatic heterocycles. The number of imide groups is 1. The fourth-order valence-electron chi connectivity index (χ4n) is 4.46. The van der Waals surface area contributed by atoms with Gasteiger partial charge in [-0.25, -0.2) is 4.79 Å². The van der Waals surface area contributed by atoms with Crippen molar-refractivity contribution in [1.82, 2.24) is 20.5 Å². The van der Waals surface area contributed by atoms with E-state index in [-0.39, 0.29) is 17.9 Å². The van der Waals surface area contributed by atoms with Crippen LogP contribution in [0.3, 0.4) is 0 Å². The molecule has 7 heteroatoms. The number of hydrogen-bond acceptors (Lipinski definition) is 3. The van der Waals surface area contributed by atoms with Crippen molar-refractivity contribution in [2.75, 3.05) is 0 Å². The predicted octanol–water partition coefficient (Wildman–Crippen LogP) is 3.70. The van der Waals surface area contributed by atoms with E-state index in [1.807, 2.05) is 50.2 Å². The second kappa shape index (κ2) is 8.58. The second-order valence-corrected chi connectivity index (χ2v) is 8.65. The fourth-order valence-corrected chi connectivity index (χ4v) is 4.46. The first-order chi connectivity index (χ1) is 15.7. The molecule has 0 spiro atoms. The third-order valence-electron chi connectivity index (χ3n) is 6.43.